The molecule has 6 heteroatoms. The van der Waals surface area contributed by atoms with Crippen LogP contribution in [0, 0.1) is 20.8 Å². The molecule has 2 rings (SSSR count). The molecule has 0 atom stereocenters. The standard InChI is InChI=1S/C19H22O4P.Li/c1-11-7-12(2)17(13(3)8-11)19(20)24-18-15(22-5)9-14(21-4)10-16(18)23-6;/h7-10H,1-6H3;/q-1;+1. The summed E-state index contributed by atoms with van der Waals surface area (Å²) in [5.74, 6) is 1.77. The zero-order chi connectivity index (χ0) is 17.9. The molecule has 0 amide bonds. The average molecular weight is 352 g/mol. The SMILES string of the molecule is COc1cc(OC)c([P-]C(=O)c2c(C)cc(C)cc2C)c(OC)c1.[Li+]. The molecule has 25 heavy (non-hydrogen) atoms. The number of aryl methyl sites for hydroxylation is 3. The van der Waals surface area contributed by atoms with Gasteiger partial charge in [0.2, 0.25) is 0 Å². The van der Waals surface area contributed by atoms with Crippen LogP contribution in [0.15, 0.2) is 24.3 Å². The van der Waals surface area contributed by atoms with Crippen molar-refractivity contribution in [2.45, 2.75) is 20.8 Å². The second kappa shape index (κ2) is 9.29. The van der Waals surface area contributed by atoms with E-state index in [0.717, 1.165) is 22.3 Å². The summed E-state index contributed by atoms with van der Waals surface area (Å²) in [6.45, 7) is 5.96. The summed E-state index contributed by atoms with van der Waals surface area (Å²) in [6, 6.07) is 7.57. The van der Waals surface area contributed by atoms with Gasteiger partial charge in [0.15, 0.2) is 0 Å². The van der Waals surface area contributed by atoms with Crippen LogP contribution in [-0.2, 0) is 0 Å². The summed E-state index contributed by atoms with van der Waals surface area (Å²) in [5, 5.41) is 0.699. The second-order valence-electron chi connectivity index (χ2n) is 5.57. The van der Waals surface area contributed by atoms with Gasteiger partial charge in [-0.05, 0) is 37.5 Å². The third-order valence-electron chi connectivity index (χ3n) is 3.79. The van der Waals surface area contributed by atoms with Crippen molar-refractivity contribution in [2.75, 3.05) is 21.3 Å². The number of rotatable bonds is 6. The molecule has 0 aliphatic heterocycles. The molecule has 2 aromatic carbocycles. The smallest absolute Gasteiger partial charge is 0.499 e. The molecule has 4 nitrogen and oxygen atoms in total. The second-order valence-corrected chi connectivity index (χ2v) is 6.65. The Morgan fingerprint density at radius 1 is 0.840 bits per heavy atom. The van der Waals surface area contributed by atoms with E-state index in [2.05, 4.69) is 0 Å². The molecule has 0 spiro atoms. The number of carbonyl (C=O) groups excluding carboxylic acids is 1. The Morgan fingerprint density at radius 3 is 1.72 bits per heavy atom. The molecule has 0 saturated heterocycles. The first kappa shape index (κ1) is 21.6. The molecule has 0 bridgehead atoms. The van der Waals surface area contributed by atoms with Gasteiger partial charge in [0.25, 0.3) is 0 Å². The number of carbonyl (C=O) groups is 1. The minimum atomic E-state index is 0. The Morgan fingerprint density at radius 2 is 1.32 bits per heavy atom. The fourth-order valence-corrected chi connectivity index (χ4v) is 3.97. The third kappa shape index (κ3) is 4.79. The van der Waals surface area contributed by atoms with E-state index < -0.39 is 0 Å². The number of hydrogen-bond acceptors (Lipinski definition) is 4. The quantitative estimate of drug-likeness (QED) is 0.576. The maximum absolute atomic E-state index is 12.9. The third-order valence-corrected chi connectivity index (χ3v) is 4.88. The van der Waals surface area contributed by atoms with Gasteiger partial charge >= 0.3 is 18.9 Å². The molecule has 2 aromatic rings. The molecule has 0 fully saturated rings. The maximum Gasteiger partial charge on any atom is 1.00 e. The molecule has 0 N–H and O–H groups in total. The molecular weight excluding hydrogens is 330 g/mol. The number of ether oxygens (including phenoxy) is 3. The van der Waals surface area contributed by atoms with Crippen LogP contribution in [0.3, 0.4) is 0 Å². The number of methoxy groups -OCH3 is 3. The van der Waals surface area contributed by atoms with E-state index in [-0.39, 0.29) is 24.4 Å². The van der Waals surface area contributed by atoms with Crippen molar-refractivity contribution in [3.63, 3.8) is 0 Å². The van der Waals surface area contributed by atoms with Gasteiger partial charge in [0.05, 0.1) is 32.8 Å². The first-order chi connectivity index (χ1) is 11.4. The van der Waals surface area contributed by atoms with Crippen LogP contribution in [0.2, 0.25) is 0 Å². The van der Waals surface area contributed by atoms with E-state index in [1.54, 1.807) is 33.5 Å². The van der Waals surface area contributed by atoms with Crippen molar-refractivity contribution < 1.29 is 37.9 Å². The fraction of sp³-hybridized carbons (Fsp3) is 0.316. The van der Waals surface area contributed by atoms with Crippen LogP contribution in [0.1, 0.15) is 27.0 Å². The van der Waals surface area contributed by atoms with Gasteiger partial charge in [-0.25, -0.2) is 0 Å². The first-order valence-corrected chi connectivity index (χ1v) is 8.44. The monoisotopic (exact) mass is 352 g/mol. The van der Waals surface area contributed by atoms with Crippen molar-refractivity contribution in [2.24, 2.45) is 0 Å². The number of hydrogen-bond donors (Lipinski definition) is 0. The largest absolute Gasteiger partial charge is 1.00 e. The van der Waals surface area contributed by atoms with Gasteiger partial charge in [0.1, 0.15) is 5.75 Å². The predicted octanol–water partition coefficient (Wildman–Crippen LogP) is 1.05. The van der Waals surface area contributed by atoms with E-state index in [1.165, 1.54) is 0 Å². The Balaban J connectivity index is 0.00000312. The zero-order valence-corrected chi connectivity index (χ0v) is 16.8. The van der Waals surface area contributed by atoms with Gasteiger partial charge in [-0.3, -0.25) is 0 Å². The maximum atomic E-state index is 12.9. The van der Waals surface area contributed by atoms with Gasteiger partial charge in [-0.1, -0.05) is 17.7 Å². The van der Waals surface area contributed by atoms with Gasteiger partial charge in [-0.2, -0.15) is 0 Å². The van der Waals surface area contributed by atoms with E-state index in [4.69, 9.17) is 14.2 Å². The van der Waals surface area contributed by atoms with E-state index in [0.29, 0.717) is 31.1 Å². The zero-order valence-electron chi connectivity index (χ0n) is 15.9. The van der Waals surface area contributed by atoms with Crippen LogP contribution in [-0.4, -0.2) is 26.9 Å². The topological polar surface area (TPSA) is 44.8 Å². The van der Waals surface area contributed by atoms with Gasteiger partial charge in [-0.15, -0.1) is 5.30 Å². The Bertz CT molecular complexity index is 726. The molecular formula is C19H22LiO4P. The normalized spacial score (nSPS) is 10.5. The molecule has 0 aliphatic carbocycles. The summed E-state index contributed by atoms with van der Waals surface area (Å²) >= 11 is 0. The summed E-state index contributed by atoms with van der Waals surface area (Å²) in [7, 11) is 5.23. The Kier molecular flexibility index (Phi) is 8.02. The molecule has 0 aliphatic rings. The molecule has 0 saturated carbocycles. The van der Waals surface area contributed by atoms with Crippen LogP contribution in [0.5, 0.6) is 17.2 Å². The van der Waals surface area contributed by atoms with Crippen molar-refractivity contribution >= 4 is 19.4 Å². The molecule has 0 heterocycles. The van der Waals surface area contributed by atoms with Crippen LogP contribution in [0.4, 0.5) is 0 Å². The molecule has 0 aromatic heterocycles. The summed E-state index contributed by atoms with van der Waals surface area (Å²) in [5.41, 5.74) is 3.89. The minimum absolute atomic E-state index is 0. The fourth-order valence-electron chi connectivity index (χ4n) is 2.77. The van der Waals surface area contributed by atoms with Crippen molar-refractivity contribution in [1.82, 2.24) is 0 Å². The van der Waals surface area contributed by atoms with Crippen LogP contribution >= 0.6 is 8.58 Å². The van der Waals surface area contributed by atoms with E-state index in [1.807, 2.05) is 32.9 Å². The van der Waals surface area contributed by atoms with Crippen molar-refractivity contribution in [3.8, 4) is 17.2 Å². The summed E-state index contributed by atoms with van der Waals surface area (Å²) in [6.07, 6.45) is 0. The first-order valence-electron chi connectivity index (χ1n) is 7.55. The van der Waals surface area contributed by atoms with Gasteiger partial charge in [0, 0.05) is 17.7 Å². The molecule has 128 valence electrons. The summed E-state index contributed by atoms with van der Waals surface area (Å²) in [4.78, 5) is 12.9. The van der Waals surface area contributed by atoms with E-state index >= 15 is 0 Å². The minimum Gasteiger partial charge on any atom is -0.499 e. The summed E-state index contributed by atoms with van der Waals surface area (Å²) < 4.78 is 16.1. The predicted molar refractivity (Wildman–Crippen MR) is 97.6 cm³/mol. The molecule has 0 radical (unpaired) electrons. The van der Waals surface area contributed by atoms with Crippen molar-refractivity contribution in [3.05, 3.63) is 46.5 Å². The van der Waals surface area contributed by atoms with E-state index in [9.17, 15) is 4.79 Å². The van der Waals surface area contributed by atoms with Crippen LogP contribution in [0.25, 0.3) is 0 Å². The number of benzene rings is 2. The van der Waals surface area contributed by atoms with Gasteiger partial charge < -0.3 is 27.6 Å². The molecule has 0 unspecified atom stereocenters. The Hall–Kier alpha value is -1.46. The Labute approximate surface area is 163 Å². The average Bonchev–Trinajstić information content (AvgIpc) is 2.53. The van der Waals surface area contributed by atoms with Crippen LogP contribution < -0.4 is 38.4 Å². The van der Waals surface area contributed by atoms with Crippen molar-refractivity contribution in [1.29, 1.82) is 0 Å².